The minimum atomic E-state index is -0.187. The zero-order valence-electron chi connectivity index (χ0n) is 18.4. The van der Waals surface area contributed by atoms with Crippen molar-refractivity contribution in [3.8, 4) is 0 Å². The maximum Gasteiger partial charge on any atom is 0.138 e. The van der Waals surface area contributed by atoms with E-state index in [0.29, 0.717) is 5.76 Å². The Labute approximate surface area is 182 Å². The Morgan fingerprint density at radius 1 is 1.20 bits per heavy atom. The summed E-state index contributed by atoms with van der Waals surface area (Å²) in [5.74, 6) is 1.60. The van der Waals surface area contributed by atoms with E-state index in [2.05, 4.69) is 37.4 Å². The fourth-order valence-electron chi connectivity index (χ4n) is 4.43. The highest BCUT2D eigenvalue weighted by Gasteiger charge is 2.39. The molecule has 4 heteroatoms. The van der Waals surface area contributed by atoms with Crippen molar-refractivity contribution in [3.05, 3.63) is 90.2 Å². The van der Waals surface area contributed by atoms with Crippen LogP contribution < -0.4 is 0 Å². The van der Waals surface area contributed by atoms with Gasteiger partial charge in [0.25, 0.3) is 0 Å². The third-order valence-electron chi connectivity index (χ3n) is 5.81. The van der Waals surface area contributed by atoms with Crippen molar-refractivity contribution in [2.75, 3.05) is 0 Å². The van der Waals surface area contributed by atoms with Crippen molar-refractivity contribution in [3.63, 3.8) is 0 Å². The van der Waals surface area contributed by atoms with E-state index >= 15 is 0 Å². The van der Waals surface area contributed by atoms with Gasteiger partial charge in [0.15, 0.2) is 0 Å². The Hall–Kier alpha value is -2.72. The van der Waals surface area contributed by atoms with Gasteiger partial charge in [-0.15, -0.1) is 0 Å². The molecule has 1 aromatic heterocycles. The molecule has 1 aliphatic carbocycles. The first-order valence-electron chi connectivity index (χ1n) is 10.7. The van der Waals surface area contributed by atoms with Crippen LogP contribution in [0.15, 0.2) is 67.6 Å². The average molecular weight is 409 g/mol. The van der Waals surface area contributed by atoms with Crippen molar-refractivity contribution in [2.45, 2.75) is 64.4 Å². The van der Waals surface area contributed by atoms with Gasteiger partial charge in [0, 0.05) is 18.6 Å². The molecule has 0 radical (unpaired) electrons. The smallest absolute Gasteiger partial charge is 0.138 e. The summed E-state index contributed by atoms with van der Waals surface area (Å²) in [5, 5.41) is 0. The summed E-state index contributed by atoms with van der Waals surface area (Å²) in [6, 6.07) is 10.6. The van der Waals surface area contributed by atoms with Gasteiger partial charge in [-0.25, -0.2) is 9.97 Å². The predicted octanol–water partition coefficient (Wildman–Crippen LogP) is 6.15. The van der Waals surface area contributed by atoms with Crippen LogP contribution in [0.4, 0.5) is 0 Å². The molecule has 1 spiro atoms. The molecular formula is C26H36N2O2. The van der Waals surface area contributed by atoms with Gasteiger partial charge in [-0.1, -0.05) is 76.3 Å². The average Bonchev–Trinajstić information content (AvgIpc) is 3.22. The van der Waals surface area contributed by atoms with E-state index in [1.54, 1.807) is 6.08 Å². The van der Waals surface area contributed by atoms with Gasteiger partial charge in [0.2, 0.25) is 0 Å². The van der Waals surface area contributed by atoms with Crippen molar-refractivity contribution in [1.29, 1.82) is 0 Å². The normalized spacial score (nSPS) is 20.7. The molecule has 4 nitrogen and oxygen atoms in total. The Bertz CT molecular complexity index is 917. The fourth-order valence-corrected chi connectivity index (χ4v) is 4.43. The van der Waals surface area contributed by atoms with Gasteiger partial charge in [-0.2, -0.15) is 0 Å². The number of hydrogen-bond donors (Lipinski definition) is 0. The van der Waals surface area contributed by atoms with Gasteiger partial charge in [0.1, 0.15) is 17.7 Å². The van der Waals surface area contributed by atoms with Crippen molar-refractivity contribution >= 4 is 5.57 Å². The van der Waals surface area contributed by atoms with Crippen LogP contribution in [0.1, 0.15) is 76.6 Å². The molecule has 1 unspecified atom stereocenters. The highest BCUT2D eigenvalue weighted by Crippen LogP contribution is 2.43. The molecule has 162 valence electrons. The molecule has 4 rings (SSSR count). The van der Waals surface area contributed by atoms with Gasteiger partial charge < -0.3 is 10.2 Å². The van der Waals surface area contributed by atoms with Crippen molar-refractivity contribution in [1.82, 2.24) is 9.97 Å². The first-order chi connectivity index (χ1) is 14.1. The minimum Gasteiger partial charge on any atom is -0.484 e. The van der Waals surface area contributed by atoms with E-state index in [-0.39, 0.29) is 18.4 Å². The largest absolute Gasteiger partial charge is 0.484 e. The predicted molar refractivity (Wildman–Crippen MR) is 126 cm³/mol. The van der Waals surface area contributed by atoms with Crippen LogP contribution >= 0.6 is 0 Å². The molecule has 1 aromatic carbocycles. The van der Waals surface area contributed by atoms with Crippen LogP contribution in [0.25, 0.3) is 5.57 Å². The standard InChI is InChI=1S/C24H26N2O.C2H6.H2O.H2/c1-4-8-21-17(2)27-18(3)22-11-14-25-23(26-22)24(12-5-6-13-24)16-19-9-7-10-20(21)15-19;1-2;;/h4,7-11,14-15,18H,1-2,5-6,12-13,16H2,3H3;1-2H3;1H2;1H/b21-8+;;;. The SMILES string of the molecule is C=C/C=C1\C(=C)OC(C)c2ccnc(n2)C2(CCCC2)Cc2cccc1c2.CC.O.[HH]. The first kappa shape index (κ1) is 23.6. The number of benzene rings is 1. The topological polar surface area (TPSA) is 66.5 Å². The molecule has 2 aliphatic rings. The van der Waals surface area contributed by atoms with E-state index in [4.69, 9.17) is 14.7 Å². The van der Waals surface area contributed by atoms with Crippen LogP contribution in [-0.2, 0) is 16.6 Å². The van der Waals surface area contributed by atoms with Crippen LogP contribution in [-0.4, -0.2) is 15.4 Å². The van der Waals surface area contributed by atoms with E-state index in [9.17, 15) is 0 Å². The molecule has 0 amide bonds. The zero-order valence-corrected chi connectivity index (χ0v) is 18.4. The van der Waals surface area contributed by atoms with E-state index in [0.717, 1.165) is 41.9 Å². The monoisotopic (exact) mass is 408 g/mol. The second kappa shape index (κ2) is 10.4. The zero-order chi connectivity index (χ0) is 20.9. The van der Waals surface area contributed by atoms with Gasteiger partial charge in [0.05, 0.1) is 5.69 Å². The molecule has 2 heterocycles. The number of nitrogens with zero attached hydrogens (tertiary/aromatic N) is 2. The second-order valence-corrected chi connectivity index (χ2v) is 7.67. The van der Waals surface area contributed by atoms with Crippen LogP contribution in [0.3, 0.4) is 0 Å². The lowest BCUT2D eigenvalue weighted by Crippen LogP contribution is -2.29. The Morgan fingerprint density at radius 2 is 1.93 bits per heavy atom. The quantitative estimate of drug-likeness (QED) is 0.568. The van der Waals surface area contributed by atoms with Gasteiger partial charge in [-0.05, 0) is 43.4 Å². The molecular weight excluding hydrogens is 372 g/mol. The lowest BCUT2D eigenvalue weighted by atomic mass is 9.78. The van der Waals surface area contributed by atoms with E-state index < -0.39 is 0 Å². The summed E-state index contributed by atoms with van der Waals surface area (Å²) < 4.78 is 6.17. The highest BCUT2D eigenvalue weighted by atomic mass is 16.5. The fraction of sp³-hybridized carbons (Fsp3) is 0.385. The van der Waals surface area contributed by atoms with Crippen LogP contribution in [0.2, 0.25) is 0 Å². The highest BCUT2D eigenvalue weighted by molar-refractivity contribution is 5.78. The molecule has 30 heavy (non-hydrogen) atoms. The molecule has 1 saturated carbocycles. The van der Waals surface area contributed by atoms with Gasteiger partial charge >= 0.3 is 0 Å². The summed E-state index contributed by atoms with van der Waals surface area (Å²) in [6.45, 7) is 14.1. The maximum atomic E-state index is 6.17. The number of ether oxygens (including phenoxy) is 1. The minimum absolute atomic E-state index is 0. The summed E-state index contributed by atoms with van der Waals surface area (Å²) in [6.07, 6.45) is 11.2. The number of allylic oxidation sites excluding steroid dienone is 3. The van der Waals surface area contributed by atoms with E-state index in [1.165, 1.54) is 18.4 Å². The van der Waals surface area contributed by atoms with Crippen molar-refractivity contribution < 1.29 is 11.6 Å². The Morgan fingerprint density at radius 3 is 2.63 bits per heavy atom. The third kappa shape index (κ3) is 4.71. The molecule has 1 fully saturated rings. The molecule has 4 bridgehead atoms. The van der Waals surface area contributed by atoms with E-state index in [1.807, 2.05) is 39.1 Å². The summed E-state index contributed by atoms with van der Waals surface area (Å²) in [4.78, 5) is 9.65. The van der Waals surface area contributed by atoms with Crippen LogP contribution in [0.5, 0.6) is 0 Å². The third-order valence-corrected chi connectivity index (χ3v) is 5.81. The summed E-state index contributed by atoms with van der Waals surface area (Å²) in [7, 11) is 0. The molecule has 1 atom stereocenters. The molecule has 1 aliphatic heterocycles. The summed E-state index contributed by atoms with van der Waals surface area (Å²) in [5.41, 5.74) is 4.32. The number of aromatic nitrogens is 2. The maximum absolute atomic E-state index is 6.17. The van der Waals surface area contributed by atoms with Crippen LogP contribution in [0, 0.1) is 0 Å². The molecule has 0 saturated heterocycles. The lowest BCUT2D eigenvalue weighted by molar-refractivity contribution is 0.142. The Kier molecular flexibility index (Phi) is 8.13. The number of rotatable bonds is 1. The first-order valence-corrected chi connectivity index (χ1v) is 10.7. The molecule has 2 N–H and O–H groups in total. The second-order valence-electron chi connectivity index (χ2n) is 7.67. The number of fused-ring (bicyclic) bond motifs is 5. The number of hydrogen-bond acceptors (Lipinski definition) is 3. The van der Waals surface area contributed by atoms with Crippen molar-refractivity contribution in [2.24, 2.45) is 0 Å². The summed E-state index contributed by atoms with van der Waals surface area (Å²) >= 11 is 0. The lowest BCUT2D eigenvalue weighted by Gasteiger charge is -2.29. The molecule has 2 aromatic rings. The Balaban J connectivity index is 0.00000117. The van der Waals surface area contributed by atoms with Gasteiger partial charge in [-0.3, -0.25) is 0 Å².